The highest BCUT2D eigenvalue weighted by atomic mass is 16.2. The Hall–Kier alpha value is -2.76. The molecule has 0 radical (unpaired) electrons. The molecule has 6 heteroatoms. The molecule has 2 heterocycles. The van der Waals surface area contributed by atoms with Crippen LogP contribution in [0.3, 0.4) is 0 Å². The van der Waals surface area contributed by atoms with E-state index in [1.807, 2.05) is 56.3 Å². The quantitative estimate of drug-likeness (QED) is 0.899. The van der Waals surface area contributed by atoms with Crippen molar-refractivity contribution < 1.29 is 4.79 Å². The second-order valence-corrected chi connectivity index (χ2v) is 6.61. The van der Waals surface area contributed by atoms with Crippen LogP contribution in [-0.2, 0) is 0 Å². The van der Waals surface area contributed by atoms with Crippen LogP contribution in [-0.4, -0.2) is 44.2 Å². The van der Waals surface area contributed by atoms with Gasteiger partial charge >= 0.3 is 6.03 Å². The molecule has 0 unspecified atom stereocenters. The van der Waals surface area contributed by atoms with Gasteiger partial charge in [-0.3, -0.25) is 0 Å². The molecule has 0 bridgehead atoms. The van der Waals surface area contributed by atoms with Crippen molar-refractivity contribution in [1.82, 2.24) is 10.3 Å². The maximum Gasteiger partial charge on any atom is 0.319 e. The number of hydrogen-bond acceptors (Lipinski definition) is 4. The van der Waals surface area contributed by atoms with Gasteiger partial charge in [0, 0.05) is 50.8 Å². The minimum atomic E-state index is -0.159. The summed E-state index contributed by atoms with van der Waals surface area (Å²) in [5.74, 6) is 0.960. The third-order valence-corrected chi connectivity index (χ3v) is 4.47. The molecule has 0 spiro atoms. The predicted octanol–water partition coefficient (Wildman–Crippen LogP) is 2.86. The van der Waals surface area contributed by atoms with E-state index in [0.717, 1.165) is 42.3 Å². The molecular weight excluding hydrogens is 314 g/mol. The molecule has 1 aliphatic heterocycles. The van der Waals surface area contributed by atoms with E-state index in [1.165, 1.54) is 0 Å². The number of anilines is 3. The molecule has 1 atom stereocenters. The average Bonchev–Trinajstić information content (AvgIpc) is 3.05. The third kappa shape index (κ3) is 4.21. The van der Waals surface area contributed by atoms with Crippen molar-refractivity contribution in [2.24, 2.45) is 0 Å². The number of rotatable bonds is 4. The van der Waals surface area contributed by atoms with E-state index in [-0.39, 0.29) is 12.1 Å². The Bertz CT molecular complexity index is 732. The van der Waals surface area contributed by atoms with Crippen LogP contribution in [0.5, 0.6) is 0 Å². The molecule has 132 valence electrons. The van der Waals surface area contributed by atoms with Crippen molar-refractivity contribution >= 4 is 23.2 Å². The van der Waals surface area contributed by atoms with Crippen molar-refractivity contribution in [2.45, 2.75) is 19.4 Å². The Morgan fingerprint density at radius 1 is 1.28 bits per heavy atom. The zero-order chi connectivity index (χ0) is 17.8. The molecule has 2 N–H and O–H groups in total. The number of nitrogens with zero attached hydrogens (tertiary/aromatic N) is 3. The summed E-state index contributed by atoms with van der Waals surface area (Å²) in [5, 5.41) is 6.02. The van der Waals surface area contributed by atoms with Crippen molar-refractivity contribution in [3.05, 3.63) is 48.2 Å². The number of carbonyl (C=O) groups excluding carboxylic acids is 1. The predicted molar refractivity (Wildman–Crippen MR) is 103 cm³/mol. The topological polar surface area (TPSA) is 60.5 Å². The molecule has 25 heavy (non-hydrogen) atoms. The Morgan fingerprint density at radius 3 is 2.80 bits per heavy atom. The van der Waals surface area contributed by atoms with Crippen LogP contribution in [0.4, 0.5) is 22.0 Å². The Labute approximate surface area is 148 Å². The first-order chi connectivity index (χ1) is 12.0. The molecule has 2 amide bonds. The summed E-state index contributed by atoms with van der Waals surface area (Å²) in [5.41, 5.74) is 3.00. The zero-order valence-electron chi connectivity index (χ0n) is 15.0. The van der Waals surface area contributed by atoms with Gasteiger partial charge in [-0.15, -0.1) is 0 Å². The lowest BCUT2D eigenvalue weighted by Gasteiger charge is -2.19. The molecule has 1 fully saturated rings. The summed E-state index contributed by atoms with van der Waals surface area (Å²) >= 11 is 0. The average molecular weight is 339 g/mol. The van der Waals surface area contributed by atoms with Crippen LogP contribution in [0.1, 0.15) is 12.0 Å². The monoisotopic (exact) mass is 339 g/mol. The van der Waals surface area contributed by atoms with E-state index in [0.29, 0.717) is 0 Å². The van der Waals surface area contributed by atoms with Crippen molar-refractivity contribution in [1.29, 1.82) is 0 Å². The van der Waals surface area contributed by atoms with E-state index in [2.05, 4.69) is 26.6 Å². The number of aromatic nitrogens is 1. The van der Waals surface area contributed by atoms with Crippen LogP contribution >= 0.6 is 0 Å². The highest BCUT2D eigenvalue weighted by Gasteiger charge is 2.24. The van der Waals surface area contributed by atoms with Crippen LogP contribution < -0.4 is 20.4 Å². The lowest BCUT2D eigenvalue weighted by atomic mass is 10.1. The van der Waals surface area contributed by atoms with E-state index in [4.69, 9.17) is 0 Å². The number of benzene rings is 1. The van der Waals surface area contributed by atoms with Gasteiger partial charge in [0.25, 0.3) is 0 Å². The summed E-state index contributed by atoms with van der Waals surface area (Å²) in [4.78, 5) is 20.9. The fraction of sp³-hybridized carbons (Fsp3) is 0.368. The van der Waals surface area contributed by atoms with Crippen molar-refractivity contribution in [3.8, 4) is 0 Å². The number of aryl methyl sites for hydroxylation is 1. The maximum absolute atomic E-state index is 12.3. The molecule has 2 aromatic rings. The molecule has 0 aliphatic carbocycles. The number of urea groups is 1. The molecule has 1 aromatic carbocycles. The van der Waals surface area contributed by atoms with E-state index >= 15 is 0 Å². The van der Waals surface area contributed by atoms with E-state index in [9.17, 15) is 4.79 Å². The fourth-order valence-electron chi connectivity index (χ4n) is 3.04. The normalized spacial score (nSPS) is 16.6. The van der Waals surface area contributed by atoms with Gasteiger partial charge in [-0.25, -0.2) is 9.78 Å². The molecule has 1 aromatic heterocycles. The number of pyridine rings is 1. The van der Waals surface area contributed by atoms with Gasteiger partial charge in [0.1, 0.15) is 5.82 Å². The SMILES string of the molecule is Cc1cc(N(C)C)ccc1NC(=O)N[C@@H]1CCN(c2ccccn2)C1. The summed E-state index contributed by atoms with van der Waals surface area (Å²) in [6.45, 7) is 3.68. The summed E-state index contributed by atoms with van der Waals surface area (Å²) in [7, 11) is 4.00. The molecule has 3 rings (SSSR count). The lowest BCUT2D eigenvalue weighted by Crippen LogP contribution is -2.39. The second kappa shape index (κ2) is 7.42. The summed E-state index contributed by atoms with van der Waals surface area (Å²) in [6.07, 6.45) is 2.71. The third-order valence-electron chi connectivity index (χ3n) is 4.47. The minimum absolute atomic E-state index is 0.128. The van der Waals surface area contributed by atoms with Crippen LogP contribution in [0.15, 0.2) is 42.6 Å². The maximum atomic E-state index is 12.3. The molecule has 6 nitrogen and oxygen atoms in total. The smallest absolute Gasteiger partial charge is 0.319 e. The van der Waals surface area contributed by atoms with Gasteiger partial charge in [-0.05, 0) is 49.2 Å². The van der Waals surface area contributed by atoms with Gasteiger partial charge < -0.3 is 20.4 Å². The second-order valence-electron chi connectivity index (χ2n) is 6.61. The van der Waals surface area contributed by atoms with Gasteiger partial charge in [0.05, 0.1) is 0 Å². The number of carbonyl (C=O) groups is 1. The lowest BCUT2D eigenvalue weighted by molar-refractivity contribution is 0.249. The Balaban J connectivity index is 1.55. The van der Waals surface area contributed by atoms with Crippen LogP contribution in [0, 0.1) is 6.92 Å². The first-order valence-corrected chi connectivity index (χ1v) is 8.54. The fourth-order valence-corrected chi connectivity index (χ4v) is 3.04. The zero-order valence-corrected chi connectivity index (χ0v) is 15.0. The first-order valence-electron chi connectivity index (χ1n) is 8.54. The number of nitrogens with one attached hydrogen (secondary N) is 2. The summed E-state index contributed by atoms with van der Waals surface area (Å²) < 4.78 is 0. The largest absolute Gasteiger partial charge is 0.378 e. The van der Waals surface area contributed by atoms with Gasteiger partial charge in [-0.1, -0.05) is 6.07 Å². The van der Waals surface area contributed by atoms with Crippen molar-refractivity contribution in [2.75, 3.05) is 42.3 Å². The van der Waals surface area contributed by atoms with Crippen LogP contribution in [0.25, 0.3) is 0 Å². The number of amides is 2. The highest BCUT2D eigenvalue weighted by Crippen LogP contribution is 2.22. The van der Waals surface area contributed by atoms with Gasteiger partial charge in [0.2, 0.25) is 0 Å². The summed E-state index contributed by atoms with van der Waals surface area (Å²) in [6, 6.07) is 11.9. The molecule has 1 saturated heterocycles. The molecular formula is C19H25N5O. The van der Waals surface area contributed by atoms with E-state index in [1.54, 1.807) is 6.20 Å². The minimum Gasteiger partial charge on any atom is -0.378 e. The van der Waals surface area contributed by atoms with E-state index < -0.39 is 0 Å². The molecule has 0 saturated carbocycles. The Morgan fingerprint density at radius 2 is 2.12 bits per heavy atom. The first kappa shape index (κ1) is 17.1. The van der Waals surface area contributed by atoms with Crippen molar-refractivity contribution in [3.63, 3.8) is 0 Å². The van der Waals surface area contributed by atoms with Gasteiger partial charge in [0.15, 0.2) is 0 Å². The standard InChI is InChI=1S/C19H25N5O/c1-14-12-16(23(2)3)7-8-17(14)22-19(25)21-15-9-11-24(13-15)18-6-4-5-10-20-18/h4-8,10,12,15H,9,11,13H2,1-3H3,(H2,21,22,25)/t15-/m1/s1. The highest BCUT2D eigenvalue weighted by molar-refractivity contribution is 5.90. The van der Waals surface area contributed by atoms with Crippen LogP contribution in [0.2, 0.25) is 0 Å². The van der Waals surface area contributed by atoms with Gasteiger partial charge in [-0.2, -0.15) is 0 Å². The number of hydrogen-bond donors (Lipinski definition) is 2. The molecule has 1 aliphatic rings. The Kier molecular flexibility index (Phi) is 5.07.